The van der Waals surface area contributed by atoms with E-state index in [-0.39, 0.29) is 16.7 Å². The average Bonchev–Trinajstić information content (AvgIpc) is 2.89. The Morgan fingerprint density at radius 3 is 2.74 bits per heavy atom. The number of hydrogen-bond acceptors (Lipinski definition) is 4. The van der Waals surface area contributed by atoms with Crippen molar-refractivity contribution in [2.24, 2.45) is 11.7 Å². The maximum atomic E-state index is 11.1. The Kier molecular flexibility index (Phi) is 4.37. The monoisotopic (exact) mass is 263 g/mol. The van der Waals surface area contributed by atoms with Gasteiger partial charge in [-0.05, 0) is 37.3 Å². The van der Waals surface area contributed by atoms with Crippen LogP contribution in [0.5, 0.6) is 0 Å². The van der Waals surface area contributed by atoms with Crippen LogP contribution < -0.4 is 11.1 Å². The van der Waals surface area contributed by atoms with Crippen molar-refractivity contribution in [2.45, 2.75) is 38.6 Å². The Labute approximate surface area is 113 Å². The molecule has 1 saturated carbocycles. The van der Waals surface area contributed by atoms with Gasteiger partial charge in [0.2, 0.25) is 0 Å². The van der Waals surface area contributed by atoms with Gasteiger partial charge in [-0.25, -0.2) is 0 Å². The third-order valence-corrected chi connectivity index (χ3v) is 3.91. The number of nitrogens with one attached hydrogen (secondary N) is 1. The molecule has 0 bridgehead atoms. The maximum absolute atomic E-state index is 11.1. The van der Waals surface area contributed by atoms with Gasteiger partial charge in [-0.15, -0.1) is 0 Å². The standard InChI is InChI=1S/C14H21N3O2/c1-10-6-7-14(17(18)19)12(8-10)16-13(9-15)11-4-2-3-5-11/h6-8,11,13,16H,2-5,9,15H2,1H3. The minimum Gasteiger partial charge on any atom is -0.375 e. The predicted octanol–water partition coefficient (Wildman–Crippen LogP) is 2.83. The van der Waals surface area contributed by atoms with Crippen molar-refractivity contribution < 1.29 is 4.92 Å². The smallest absolute Gasteiger partial charge is 0.292 e. The molecule has 1 aliphatic rings. The van der Waals surface area contributed by atoms with E-state index in [2.05, 4.69) is 5.32 Å². The molecule has 104 valence electrons. The lowest BCUT2D eigenvalue weighted by Gasteiger charge is -2.24. The zero-order chi connectivity index (χ0) is 13.8. The van der Waals surface area contributed by atoms with Crippen LogP contribution in [-0.2, 0) is 0 Å². The van der Waals surface area contributed by atoms with Crippen LogP contribution in [0.3, 0.4) is 0 Å². The van der Waals surface area contributed by atoms with Crippen LogP contribution in [0.15, 0.2) is 18.2 Å². The van der Waals surface area contributed by atoms with Gasteiger partial charge in [0.15, 0.2) is 0 Å². The van der Waals surface area contributed by atoms with Crippen molar-refractivity contribution in [3.63, 3.8) is 0 Å². The number of aryl methyl sites for hydroxylation is 1. The van der Waals surface area contributed by atoms with Crippen molar-refractivity contribution in [1.82, 2.24) is 0 Å². The highest BCUT2D eigenvalue weighted by molar-refractivity contribution is 5.63. The Morgan fingerprint density at radius 1 is 1.47 bits per heavy atom. The topological polar surface area (TPSA) is 81.2 Å². The fraction of sp³-hybridized carbons (Fsp3) is 0.571. The molecule has 1 fully saturated rings. The minimum atomic E-state index is -0.343. The van der Waals surface area contributed by atoms with E-state index in [0.717, 1.165) is 18.4 Å². The molecule has 1 aromatic carbocycles. The molecule has 0 spiro atoms. The quantitative estimate of drug-likeness (QED) is 0.632. The summed E-state index contributed by atoms with van der Waals surface area (Å²) in [6.07, 6.45) is 4.79. The van der Waals surface area contributed by atoms with Crippen molar-refractivity contribution >= 4 is 11.4 Å². The number of benzene rings is 1. The molecule has 1 atom stereocenters. The van der Waals surface area contributed by atoms with E-state index in [4.69, 9.17) is 5.73 Å². The first-order chi connectivity index (χ1) is 9.11. The van der Waals surface area contributed by atoms with Gasteiger partial charge in [0.05, 0.1) is 4.92 Å². The Bertz CT molecular complexity index is 456. The van der Waals surface area contributed by atoms with Gasteiger partial charge in [-0.3, -0.25) is 10.1 Å². The third-order valence-electron chi connectivity index (χ3n) is 3.91. The Balaban J connectivity index is 2.20. The van der Waals surface area contributed by atoms with Crippen LogP contribution in [0.1, 0.15) is 31.2 Å². The van der Waals surface area contributed by atoms with Crippen LogP contribution in [0, 0.1) is 23.0 Å². The molecule has 1 unspecified atom stereocenters. The molecule has 2 rings (SSSR count). The summed E-state index contributed by atoms with van der Waals surface area (Å²) in [6, 6.07) is 5.27. The van der Waals surface area contributed by atoms with E-state index in [1.54, 1.807) is 12.1 Å². The molecule has 1 aromatic rings. The number of nitro groups is 1. The number of nitrogens with zero attached hydrogens (tertiary/aromatic N) is 1. The number of hydrogen-bond donors (Lipinski definition) is 2. The summed E-state index contributed by atoms with van der Waals surface area (Å²) < 4.78 is 0. The molecule has 0 aromatic heterocycles. The lowest BCUT2D eigenvalue weighted by molar-refractivity contribution is -0.384. The number of nitrogens with two attached hydrogens (primary N) is 1. The first-order valence-corrected chi connectivity index (χ1v) is 6.83. The van der Waals surface area contributed by atoms with E-state index >= 15 is 0 Å². The van der Waals surface area contributed by atoms with Crippen LogP contribution in [0.2, 0.25) is 0 Å². The van der Waals surface area contributed by atoms with E-state index in [1.165, 1.54) is 12.8 Å². The van der Waals surface area contributed by atoms with Crippen LogP contribution in [0.4, 0.5) is 11.4 Å². The summed E-state index contributed by atoms with van der Waals surface area (Å²) >= 11 is 0. The molecule has 0 heterocycles. The van der Waals surface area contributed by atoms with Gasteiger partial charge >= 0.3 is 0 Å². The molecule has 19 heavy (non-hydrogen) atoms. The van der Waals surface area contributed by atoms with Gasteiger partial charge in [-0.1, -0.05) is 18.9 Å². The fourth-order valence-electron chi connectivity index (χ4n) is 2.85. The van der Waals surface area contributed by atoms with E-state index in [9.17, 15) is 10.1 Å². The maximum Gasteiger partial charge on any atom is 0.292 e. The Morgan fingerprint density at radius 2 is 2.16 bits per heavy atom. The van der Waals surface area contributed by atoms with Crippen LogP contribution in [-0.4, -0.2) is 17.5 Å². The summed E-state index contributed by atoms with van der Waals surface area (Å²) in [4.78, 5) is 10.7. The zero-order valence-electron chi connectivity index (χ0n) is 11.3. The van der Waals surface area contributed by atoms with Gasteiger partial charge in [0.1, 0.15) is 5.69 Å². The molecule has 5 heteroatoms. The molecule has 0 saturated heterocycles. The SMILES string of the molecule is Cc1ccc([N+](=O)[O-])c(NC(CN)C2CCCC2)c1. The highest BCUT2D eigenvalue weighted by Gasteiger charge is 2.25. The molecule has 0 radical (unpaired) electrons. The lowest BCUT2D eigenvalue weighted by atomic mass is 9.97. The highest BCUT2D eigenvalue weighted by atomic mass is 16.6. The Hall–Kier alpha value is -1.62. The molecule has 5 nitrogen and oxygen atoms in total. The van der Waals surface area contributed by atoms with Crippen molar-refractivity contribution in [3.8, 4) is 0 Å². The fourth-order valence-corrected chi connectivity index (χ4v) is 2.85. The summed E-state index contributed by atoms with van der Waals surface area (Å²) in [6.45, 7) is 2.44. The average molecular weight is 263 g/mol. The lowest BCUT2D eigenvalue weighted by Crippen LogP contribution is -2.35. The zero-order valence-corrected chi connectivity index (χ0v) is 11.3. The van der Waals surface area contributed by atoms with Crippen LogP contribution in [0.25, 0.3) is 0 Å². The summed E-state index contributed by atoms with van der Waals surface area (Å²) in [7, 11) is 0. The second kappa shape index (κ2) is 6.02. The van der Waals surface area contributed by atoms with Crippen molar-refractivity contribution in [3.05, 3.63) is 33.9 Å². The predicted molar refractivity (Wildman–Crippen MR) is 76.3 cm³/mol. The largest absolute Gasteiger partial charge is 0.375 e. The number of anilines is 1. The van der Waals surface area contributed by atoms with Gasteiger partial charge < -0.3 is 11.1 Å². The second-order valence-electron chi connectivity index (χ2n) is 5.31. The number of nitro benzene ring substituents is 1. The van der Waals surface area contributed by atoms with Gasteiger partial charge in [-0.2, -0.15) is 0 Å². The molecule has 0 aliphatic heterocycles. The first kappa shape index (κ1) is 13.8. The van der Waals surface area contributed by atoms with E-state index in [0.29, 0.717) is 18.2 Å². The molecule has 3 N–H and O–H groups in total. The van der Waals surface area contributed by atoms with Gasteiger partial charge in [0, 0.05) is 18.7 Å². The van der Waals surface area contributed by atoms with Crippen molar-refractivity contribution in [2.75, 3.05) is 11.9 Å². The normalized spacial score (nSPS) is 17.4. The van der Waals surface area contributed by atoms with E-state index < -0.39 is 0 Å². The first-order valence-electron chi connectivity index (χ1n) is 6.83. The second-order valence-corrected chi connectivity index (χ2v) is 5.31. The van der Waals surface area contributed by atoms with Crippen LogP contribution >= 0.6 is 0 Å². The molecule has 1 aliphatic carbocycles. The highest BCUT2D eigenvalue weighted by Crippen LogP contribution is 2.32. The molecular formula is C14H21N3O2. The van der Waals surface area contributed by atoms with Gasteiger partial charge in [0.25, 0.3) is 5.69 Å². The summed E-state index contributed by atoms with van der Waals surface area (Å²) in [5.74, 6) is 0.533. The molecule has 0 amide bonds. The minimum absolute atomic E-state index is 0.127. The number of rotatable bonds is 5. The van der Waals surface area contributed by atoms with E-state index in [1.807, 2.05) is 13.0 Å². The van der Waals surface area contributed by atoms with Crippen molar-refractivity contribution in [1.29, 1.82) is 0 Å². The molecular weight excluding hydrogens is 242 g/mol. The third kappa shape index (κ3) is 3.23. The summed E-state index contributed by atoms with van der Waals surface area (Å²) in [5, 5.41) is 14.4. The summed E-state index contributed by atoms with van der Waals surface area (Å²) in [5.41, 5.74) is 7.56.